The van der Waals surface area contributed by atoms with Gasteiger partial charge in [0.2, 0.25) is 5.76 Å². The molecule has 204 valence electrons. The normalized spacial score (nSPS) is 11.9. The monoisotopic (exact) mass is 549 g/mol. The van der Waals surface area contributed by atoms with Gasteiger partial charge in [-0.25, -0.2) is 22.3 Å². The maximum atomic E-state index is 13.3. The lowest BCUT2D eigenvalue weighted by Crippen LogP contribution is -2.42. The number of fused-ring (bicyclic) bond motifs is 1. The van der Waals surface area contributed by atoms with Crippen molar-refractivity contribution in [2.75, 3.05) is 6.54 Å². The Labute approximate surface area is 228 Å². The van der Waals surface area contributed by atoms with Crippen LogP contribution in [0, 0.1) is 5.92 Å². The number of esters is 1. The third-order valence-corrected chi connectivity index (χ3v) is 7.34. The lowest BCUT2D eigenvalue weighted by atomic mass is 10.1. The minimum atomic E-state index is -4.13. The highest BCUT2D eigenvalue weighted by atomic mass is 32.2. The van der Waals surface area contributed by atoms with E-state index in [0.29, 0.717) is 11.3 Å². The van der Waals surface area contributed by atoms with Crippen LogP contribution in [0.3, 0.4) is 0 Å². The van der Waals surface area contributed by atoms with Crippen molar-refractivity contribution in [3.63, 3.8) is 0 Å². The van der Waals surface area contributed by atoms with E-state index < -0.39 is 27.7 Å². The molecule has 1 amide bonds. The molecule has 39 heavy (non-hydrogen) atoms. The van der Waals surface area contributed by atoms with Gasteiger partial charge in [0.15, 0.2) is 0 Å². The molecule has 0 unspecified atom stereocenters. The summed E-state index contributed by atoms with van der Waals surface area (Å²) in [7, 11) is -4.13. The number of hydrogen-bond acceptors (Lipinski definition) is 7. The molecule has 1 heterocycles. The zero-order chi connectivity index (χ0) is 28.4. The summed E-state index contributed by atoms with van der Waals surface area (Å²) < 4.78 is 43.8. The summed E-state index contributed by atoms with van der Waals surface area (Å²) >= 11 is 0. The number of carbonyl (C=O) groups is 2. The zero-order valence-corrected chi connectivity index (χ0v) is 23.3. The second kappa shape index (κ2) is 10.9. The van der Waals surface area contributed by atoms with Crippen molar-refractivity contribution in [2.45, 2.75) is 45.1 Å². The quantitative estimate of drug-likeness (QED) is 0.182. The molecule has 0 atom stereocenters. The van der Waals surface area contributed by atoms with E-state index >= 15 is 0 Å². The minimum absolute atomic E-state index is 0.00673. The molecule has 0 fully saturated rings. The Balaban J connectivity index is 1.49. The van der Waals surface area contributed by atoms with Crippen LogP contribution in [0.15, 0.2) is 88.2 Å². The molecule has 1 aromatic heterocycles. The highest BCUT2D eigenvalue weighted by Crippen LogP contribution is 2.27. The van der Waals surface area contributed by atoms with Gasteiger partial charge in [-0.3, -0.25) is 0 Å². The van der Waals surface area contributed by atoms with Crippen LogP contribution < -0.4 is 4.74 Å². The van der Waals surface area contributed by atoms with Crippen molar-refractivity contribution in [1.82, 2.24) is 4.31 Å². The number of nitrogens with zero attached hydrogens (tertiary/aromatic N) is 1. The third-order valence-electron chi connectivity index (χ3n) is 5.60. The van der Waals surface area contributed by atoms with Gasteiger partial charge in [-0.2, -0.15) is 0 Å². The van der Waals surface area contributed by atoms with Crippen molar-refractivity contribution in [3.8, 4) is 16.9 Å². The smallest absolute Gasteiger partial charge is 0.424 e. The van der Waals surface area contributed by atoms with E-state index in [1.54, 1.807) is 69.3 Å². The van der Waals surface area contributed by atoms with E-state index in [4.69, 9.17) is 13.9 Å². The molecule has 3 aromatic carbocycles. The van der Waals surface area contributed by atoms with Crippen LogP contribution in [0.25, 0.3) is 22.1 Å². The number of rotatable bonds is 7. The summed E-state index contributed by atoms with van der Waals surface area (Å²) in [4.78, 5) is 25.2. The molecule has 4 rings (SSSR count). The largest absolute Gasteiger partial charge is 0.449 e. The Morgan fingerprint density at radius 2 is 1.49 bits per heavy atom. The van der Waals surface area contributed by atoms with E-state index in [1.807, 2.05) is 32.0 Å². The fourth-order valence-electron chi connectivity index (χ4n) is 3.82. The maximum absolute atomic E-state index is 13.3. The van der Waals surface area contributed by atoms with Crippen LogP contribution >= 0.6 is 0 Å². The van der Waals surface area contributed by atoms with Crippen LogP contribution in [-0.4, -0.2) is 36.9 Å². The minimum Gasteiger partial charge on any atom is -0.449 e. The van der Waals surface area contributed by atoms with Gasteiger partial charge in [0.05, 0.1) is 4.90 Å². The Hall–Kier alpha value is -4.11. The Morgan fingerprint density at radius 3 is 2.05 bits per heavy atom. The molecule has 8 nitrogen and oxygen atoms in total. The van der Waals surface area contributed by atoms with Crippen LogP contribution in [0.4, 0.5) is 4.79 Å². The standard InChI is InChI=1S/C30H31NO7S/c1-20(2)19-31(29(33)38-30(3,4)5)39(34,35)25-16-12-22(13-17-25)21-10-14-24(15-11-21)36-28(32)27-18-23-8-6-7-9-26(23)37-27/h6-18,20H,19H2,1-5H3. The van der Waals surface area contributed by atoms with Gasteiger partial charge in [0.1, 0.15) is 16.9 Å². The van der Waals surface area contributed by atoms with Crippen LogP contribution in [0.2, 0.25) is 0 Å². The summed E-state index contributed by atoms with van der Waals surface area (Å²) in [6, 6.07) is 22.0. The fraction of sp³-hybridized carbons (Fsp3) is 0.267. The lowest BCUT2D eigenvalue weighted by Gasteiger charge is -2.28. The maximum Gasteiger partial charge on any atom is 0.424 e. The molecular weight excluding hydrogens is 518 g/mol. The fourth-order valence-corrected chi connectivity index (χ4v) is 5.28. The highest BCUT2D eigenvalue weighted by Gasteiger charge is 2.33. The van der Waals surface area contributed by atoms with Crippen LogP contribution in [0.5, 0.6) is 5.75 Å². The number of carbonyl (C=O) groups excluding carboxylic acids is 2. The summed E-state index contributed by atoms with van der Waals surface area (Å²) in [5, 5.41) is 0.809. The van der Waals surface area contributed by atoms with E-state index in [0.717, 1.165) is 20.8 Å². The first kappa shape index (κ1) is 27.9. The average Bonchev–Trinajstić information content (AvgIpc) is 3.31. The molecule has 0 saturated carbocycles. The molecule has 0 N–H and O–H groups in total. The Morgan fingerprint density at radius 1 is 0.897 bits per heavy atom. The molecular formula is C30H31NO7S. The number of hydrogen-bond donors (Lipinski definition) is 0. The lowest BCUT2D eigenvalue weighted by molar-refractivity contribution is 0.0377. The van der Waals surface area contributed by atoms with E-state index in [2.05, 4.69) is 0 Å². The number of amides is 1. The number of benzene rings is 3. The van der Waals surface area contributed by atoms with E-state index in [1.165, 1.54) is 12.1 Å². The highest BCUT2D eigenvalue weighted by molar-refractivity contribution is 7.89. The molecule has 9 heteroatoms. The van der Waals surface area contributed by atoms with Crippen molar-refractivity contribution in [2.24, 2.45) is 5.92 Å². The Kier molecular flexibility index (Phi) is 7.83. The van der Waals surface area contributed by atoms with Gasteiger partial charge in [0, 0.05) is 11.9 Å². The van der Waals surface area contributed by atoms with Crippen molar-refractivity contribution in [3.05, 3.63) is 84.6 Å². The number of furan rings is 1. The van der Waals surface area contributed by atoms with Gasteiger partial charge >= 0.3 is 12.1 Å². The van der Waals surface area contributed by atoms with E-state index in [-0.39, 0.29) is 23.1 Å². The number of para-hydroxylation sites is 1. The summed E-state index contributed by atoms with van der Waals surface area (Å²) in [5.41, 5.74) is 1.30. The number of ether oxygens (including phenoxy) is 2. The topological polar surface area (TPSA) is 103 Å². The molecule has 0 aliphatic rings. The van der Waals surface area contributed by atoms with Gasteiger partial charge in [-0.1, -0.05) is 56.3 Å². The zero-order valence-electron chi connectivity index (χ0n) is 22.5. The SMILES string of the molecule is CC(C)CN(C(=O)OC(C)(C)C)S(=O)(=O)c1ccc(-c2ccc(OC(=O)c3cc4ccccc4o3)cc2)cc1. The van der Waals surface area contributed by atoms with Gasteiger partial charge in [0.25, 0.3) is 10.0 Å². The molecule has 0 saturated heterocycles. The second-order valence-corrected chi connectivity index (χ2v) is 12.4. The molecule has 0 aliphatic carbocycles. The van der Waals surface area contributed by atoms with Crippen molar-refractivity contribution < 1.29 is 31.9 Å². The van der Waals surface area contributed by atoms with E-state index in [9.17, 15) is 18.0 Å². The third kappa shape index (κ3) is 6.67. The average molecular weight is 550 g/mol. The van der Waals surface area contributed by atoms with Crippen LogP contribution in [0.1, 0.15) is 45.2 Å². The number of sulfonamides is 1. The van der Waals surface area contributed by atoms with Crippen molar-refractivity contribution in [1.29, 1.82) is 0 Å². The first-order valence-electron chi connectivity index (χ1n) is 12.5. The summed E-state index contributed by atoms with van der Waals surface area (Å²) in [6.45, 7) is 8.70. The predicted molar refractivity (Wildman–Crippen MR) is 148 cm³/mol. The molecule has 4 aromatic rings. The first-order chi connectivity index (χ1) is 18.3. The molecule has 0 radical (unpaired) electrons. The second-order valence-electron chi connectivity index (χ2n) is 10.5. The Bertz CT molecular complexity index is 1550. The van der Waals surface area contributed by atoms with Gasteiger partial charge in [-0.05, 0) is 74.2 Å². The van der Waals surface area contributed by atoms with Crippen molar-refractivity contribution >= 4 is 33.1 Å². The summed E-state index contributed by atoms with van der Waals surface area (Å²) in [5.74, 6) is -0.254. The van der Waals surface area contributed by atoms with Gasteiger partial charge in [-0.15, -0.1) is 0 Å². The summed E-state index contributed by atoms with van der Waals surface area (Å²) in [6.07, 6.45) is -0.909. The molecule has 0 spiro atoms. The van der Waals surface area contributed by atoms with Gasteiger partial charge < -0.3 is 13.9 Å². The molecule has 0 bridgehead atoms. The van der Waals surface area contributed by atoms with Crippen LogP contribution in [-0.2, 0) is 14.8 Å². The molecule has 0 aliphatic heterocycles. The predicted octanol–water partition coefficient (Wildman–Crippen LogP) is 6.90. The first-order valence-corrected chi connectivity index (χ1v) is 13.9.